The molecule has 106 valence electrons. The van der Waals surface area contributed by atoms with Gasteiger partial charge in [0.1, 0.15) is 5.60 Å². The minimum atomic E-state index is -0.406. The van der Waals surface area contributed by atoms with E-state index in [1.165, 1.54) is 6.42 Å². The van der Waals surface area contributed by atoms with E-state index in [1.807, 2.05) is 32.7 Å². The Balaban J connectivity index is 2.55. The molecule has 0 spiro atoms. The normalized spacial score (nSPS) is 22.7. The van der Waals surface area contributed by atoms with Gasteiger partial charge in [-0.2, -0.15) is 0 Å². The number of piperidine rings is 1. The number of hydrogen-bond acceptors (Lipinski definition) is 3. The topological polar surface area (TPSA) is 41.6 Å². The first-order valence-electron chi connectivity index (χ1n) is 7.02. The van der Waals surface area contributed by atoms with Crippen LogP contribution in [0.15, 0.2) is 0 Å². The van der Waals surface area contributed by atoms with Crippen LogP contribution in [0.5, 0.6) is 0 Å². The molecule has 18 heavy (non-hydrogen) atoms. The largest absolute Gasteiger partial charge is 0.444 e. The quantitative estimate of drug-likeness (QED) is 0.844. The van der Waals surface area contributed by atoms with Crippen molar-refractivity contribution in [3.05, 3.63) is 0 Å². The molecule has 0 unspecified atom stereocenters. The predicted molar refractivity (Wildman–Crippen MR) is 73.7 cm³/mol. The van der Waals surface area contributed by atoms with Crippen LogP contribution in [0.2, 0.25) is 0 Å². The lowest BCUT2D eigenvalue weighted by Crippen LogP contribution is -2.48. The fourth-order valence-electron chi connectivity index (χ4n) is 2.60. The van der Waals surface area contributed by atoms with Gasteiger partial charge in [0.2, 0.25) is 0 Å². The van der Waals surface area contributed by atoms with Gasteiger partial charge < -0.3 is 15.0 Å². The second-order valence-corrected chi connectivity index (χ2v) is 6.13. The van der Waals surface area contributed by atoms with Crippen molar-refractivity contribution in [3.63, 3.8) is 0 Å². The molecule has 1 saturated heterocycles. The van der Waals surface area contributed by atoms with Crippen LogP contribution in [0.3, 0.4) is 0 Å². The van der Waals surface area contributed by atoms with Crippen molar-refractivity contribution in [1.82, 2.24) is 10.2 Å². The molecule has 1 aliphatic heterocycles. The second-order valence-electron chi connectivity index (χ2n) is 6.13. The maximum Gasteiger partial charge on any atom is 0.410 e. The number of nitrogens with zero attached hydrogens (tertiary/aromatic N) is 1. The van der Waals surface area contributed by atoms with Gasteiger partial charge in [-0.1, -0.05) is 6.92 Å². The Labute approximate surface area is 111 Å². The summed E-state index contributed by atoms with van der Waals surface area (Å²) in [4.78, 5) is 13.9. The summed E-state index contributed by atoms with van der Waals surface area (Å²) in [5.41, 5.74) is -0.406. The van der Waals surface area contributed by atoms with Crippen molar-refractivity contribution in [1.29, 1.82) is 0 Å². The van der Waals surface area contributed by atoms with Gasteiger partial charge >= 0.3 is 6.09 Å². The molecular formula is C14H28N2O2. The molecule has 0 aromatic carbocycles. The molecule has 0 bridgehead atoms. The average Bonchev–Trinajstić information content (AvgIpc) is 2.29. The SMILES string of the molecule is CC[C@@H](NC)[C@H]1CCCN(C(=O)OC(C)(C)C)C1. The van der Waals surface area contributed by atoms with E-state index in [4.69, 9.17) is 4.74 Å². The highest BCUT2D eigenvalue weighted by Crippen LogP contribution is 2.23. The minimum Gasteiger partial charge on any atom is -0.444 e. The number of carbonyl (C=O) groups excluding carboxylic acids is 1. The van der Waals surface area contributed by atoms with E-state index < -0.39 is 5.60 Å². The Kier molecular flexibility index (Phi) is 5.45. The average molecular weight is 256 g/mol. The van der Waals surface area contributed by atoms with Gasteiger partial charge in [0.25, 0.3) is 0 Å². The monoisotopic (exact) mass is 256 g/mol. The number of amides is 1. The molecule has 1 fully saturated rings. The Bertz CT molecular complexity index is 269. The molecule has 0 saturated carbocycles. The fraction of sp³-hybridized carbons (Fsp3) is 0.929. The third-order valence-electron chi connectivity index (χ3n) is 3.49. The summed E-state index contributed by atoms with van der Waals surface area (Å²) < 4.78 is 5.44. The lowest BCUT2D eigenvalue weighted by atomic mass is 9.89. The Morgan fingerprint density at radius 3 is 2.67 bits per heavy atom. The minimum absolute atomic E-state index is 0.168. The Morgan fingerprint density at radius 1 is 1.50 bits per heavy atom. The van der Waals surface area contributed by atoms with E-state index in [9.17, 15) is 4.79 Å². The third kappa shape index (κ3) is 4.48. The Hall–Kier alpha value is -0.770. The number of ether oxygens (including phenoxy) is 1. The molecule has 0 radical (unpaired) electrons. The first kappa shape index (κ1) is 15.3. The van der Waals surface area contributed by atoms with Crippen molar-refractivity contribution in [2.75, 3.05) is 20.1 Å². The van der Waals surface area contributed by atoms with E-state index in [0.29, 0.717) is 12.0 Å². The van der Waals surface area contributed by atoms with Crippen LogP contribution < -0.4 is 5.32 Å². The summed E-state index contributed by atoms with van der Waals surface area (Å²) in [6, 6.07) is 0.496. The molecule has 1 rings (SSSR count). The molecular weight excluding hydrogens is 228 g/mol. The van der Waals surface area contributed by atoms with Crippen molar-refractivity contribution >= 4 is 6.09 Å². The van der Waals surface area contributed by atoms with Gasteiger partial charge in [0, 0.05) is 19.1 Å². The summed E-state index contributed by atoms with van der Waals surface area (Å²) >= 11 is 0. The smallest absolute Gasteiger partial charge is 0.410 e. The zero-order chi connectivity index (χ0) is 13.8. The standard InChI is InChI=1S/C14H28N2O2/c1-6-12(15-5)11-8-7-9-16(10-11)13(17)18-14(2,3)4/h11-12,15H,6-10H2,1-5H3/t11-,12+/m0/s1. The molecule has 0 aliphatic carbocycles. The predicted octanol–water partition coefficient (Wildman–Crippen LogP) is 2.63. The van der Waals surface area contributed by atoms with Gasteiger partial charge in [-0.3, -0.25) is 0 Å². The first-order chi connectivity index (χ1) is 8.37. The van der Waals surface area contributed by atoms with Gasteiger partial charge in [-0.15, -0.1) is 0 Å². The highest BCUT2D eigenvalue weighted by Gasteiger charge is 2.30. The van der Waals surface area contributed by atoms with Gasteiger partial charge in [0.15, 0.2) is 0 Å². The lowest BCUT2D eigenvalue weighted by molar-refractivity contribution is 0.0145. The highest BCUT2D eigenvalue weighted by molar-refractivity contribution is 5.68. The number of nitrogens with one attached hydrogen (secondary N) is 1. The van der Waals surface area contributed by atoms with Crippen LogP contribution in [0.1, 0.15) is 47.0 Å². The number of carbonyl (C=O) groups is 1. The first-order valence-corrected chi connectivity index (χ1v) is 7.02. The summed E-state index contributed by atoms with van der Waals surface area (Å²) in [7, 11) is 2.00. The maximum absolute atomic E-state index is 12.0. The van der Waals surface area contributed by atoms with Crippen LogP contribution in [0.25, 0.3) is 0 Å². The van der Waals surface area contributed by atoms with Gasteiger partial charge in [-0.05, 0) is 53.0 Å². The summed E-state index contributed by atoms with van der Waals surface area (Å²) in [6.45, 7) is 9.56. The molecule has 0 aromatic heterocycles. The van der Waals surface area contributed by atoms with E-state index in [0.717, 1.165) is 25.9 Å². The summed E-state index contributed by atoms with van der Waals surface area (Å²) in [6.07, 6.45) is 3.20. The summed E-state index contributed by atoms with van der Waals surface area (Å²) in [5.74, 6) is 0.543. The lowest BCUT2D eigenvalue weighted by Gasteiger charge is -2.37. The van der Waals surface area contributed by atoms with E-state index in [2.05, 4.69) is 12.2 Å². The van der Waals surface area contributed by atoms with E-state index in [1.54, 1.807) is 0 Å². The van der Waals surface area contributed by atoms with E-state index in [-0.39, 0.29) is 6.09 Å². The zero-order valence-electron chi connectivity index (χ0n) is 12.5. The fourth-order valence-corrected chi connectivity index (χ4v) is 2.60. The Morgan fingerprint density at radius 2 is 2.17 bits per heavy atom. The third-order valence-corrected chi connectivity index (χ3v) is 3.49. The van der Waals surface area contributed by atoms with Gasteiger partial charge in [0.05, 0.1) is 0 Å². The molecule has 1 heterocycles. The number of likely N-dealkylation sites (tertiary alicyclic amines) is 1. The molecule has 4 heteroatoms. The van der Waals surface area contributed by atoms with Crippen LogP contribution in [0.4, 0.5) is 4.79 Å². The zero-order valence-corrected chi connectivity index (χ0v) is 12.5. The molecule has 1 aliphatic rings. The molecule has 0 aromatic rings. The van der Waals surface area contributed by atoms with Crippen molar-refractivity contribution in [2.24, 2.45) is 5.92 Å². The van der Waals surface area contributed by atoms with Crippen molar-refractivity contribution < 1.29 is 9.53 Å². The molecule has 2 atom stereocenters. The highest BCUT2D eigenvalue weighted by atomic mass is 16.6. The molecule has 1 amide bonds. The van der Waals surface area contributed by atoms with Crippen LogP contribution >= 0.6 is 0 Å². The maximum atomic E-state index is 12.0. The number of rotatable bonds is 3. The van der Waals surface area contributed by atoms with Crippen molar-refractivity contribution in [3.8, 4) is 0 Å². The number of hydrogen-bond donors (Lipinski definition) is 1. The van der Waals surface area contributed by atoms with Gasteiger partial charge in [-0.25, -0.2) is 4.79 Å². The second kappa shape index (κ2) is 6.41. The van der Waals surface area contributed by atoms with Crippen LogP contribution in [-0.2, 0) is 4.74 Å². The summed E-state index contributed by atoms with van der Waals surface area (Å²) in [5, 5.41) is 3.35. The molecule has 1 N–H and O–H groups in total. The molecule has 4 nitrogen and oxygen atoms in total. The van der Waals surface area contributed by atoms with E-state index >= 15 is 0 Å². The van der Waals surface area contributed by atoms with Crippen LogP contribution in [0, 0.1) is 5.92 Å². The van der Waals surface area contributed by atoms with Crippen molar-refractivity contribution in [2.45, 2.75) is 58.6 Å². The van der Waals surface area contributed by atoms with Crippen LogP contribution in [-0.4, -0.2) is 42.8 Å².